The molecule has 0 saturated carbocycles. The molecule has 17 heavy (non-hydrogen) atoms. The molecule has 0 aliphatic carbocycles. The minimum Gasteiger partial charge on any atom is -0.382 e. The highest BCUT2D eigenvalue weighted by molar-refractivity contribution is 6.32. The molecular formula is C12H20ClN3O. The number of nitrogens with zero attached hydrogens (tertiary/aromatic N) is 2. The summed E-state index contributed by atoms with van der Waals surface area (Å²) in [7, 11) is 0. The van der Waals surface area contributed by atoms with Gasteiger partial charge in [0.2, 0.25) is 0 Å². The summed E-state index contributed by atoms with van der Waals surface area (Å²) in [6.45, 7) is 9.55. The topological polar surface area (TPSA) is 46.9 Å². The molecule has 1 aromatic heterocycles. The Morgan fingerprint density at radius 1 is 1.47 bits per heavy atom. The van der Waals surface area contributed by atoms with Crippen LogP contribution in [0.4, 0.5) is 5.69 Å². The molecule has 0 amide bonds. The van der Waals surface area contributed by atoms with Crippen molar-refractivity contribution in [3.8, 4) is 0 Å². The molecule has 96 valence electrons. The van der Waals surface area contributed by atoms with Gasteiger partial charge in [0.1, 0.15) is 5.02 Å². The van der Waals surface area contributed by atoms with Gasteiger partial charge in [0.05, 0.1) is 11.9 Å². The maximum atomic E-state index is 12.0. The zero-order valence-corrected chi connectivity index (χ0v) is 11.6. The summed E-state index contributed by atoms with van der Waals surface area (Å²) in [6.07, 6.45) is 2.59. The third-order valence-electron chi connectivity index (χ3n) is 2.17. The van der Waals surface area contributed by atoms with Crippen LogP contribution in [0.25, 0.3) is 0 Å². The van der Waals surface area contributed by atoms with Gasteiger partial charge in [-0.1, -0.05) is 39.3 Å². The molecule has 1 N–H and O–H groups in total. The van der Waals surface area contributed by atoms with Crippen LogP contribution in [0.2, 0.25) is 5.02 Å². The molecule has 1 aromatic rings. The van der Waals surface area contributed by atoms with Crippen LogP contribution in [-0.2, 0) is 6.54 Å². The van der Waals surface area contributed by atoms with Gasteiger partial charge in [0, 0.05) is 13.1 Å². The average molecular weight is 258 g/mol. The first-order valence-corrected chi connectivity index (χ1v) is 6.22. The maximum absolute atomic E-state index is 12.0. The van der Waals surface area contributed by atoms with Crippen molar-refractivity contribution in [1.82, 2.24) is 9.78 Å². The zero-order valence-electron chi connectivity index (χ0n) is 10.9. The molecule has 0 unspecified atom stereocenters. The number of anilines is 1. The van der Waals surface area contributed by atoms with Gasteiger partial charge in [-0.05, 0) is 11.8 Å². The Morgan fingerprint density at radius 3 is 2.65 bits per heavy atom. The number of rotatable bonds is 4. The van der Waals surface area contributed by atoms with E-state index in [2.05, 4.69) is 38.1 Å². The summed E-state index contributed by atoms with van der Waals surface area (Å²) < 4.78 is 1.42. The molecule has 0 aliphatic heterocycles. The fourth-order valence-corrected chi connectivity index (χ4v) is 1.62. The van der Waals surface area contributed by atoms with Crippen LogP contribution in [0.15, 0.2) is 11.0 Å². The molecule has 0 aromatic carbocycles. The summed E-state index contributed by atoms with van der Waals surface area (Å²) >= 11 is 6.03. The smallest absolute Gasteiger partial charge is 0.287 e. The van der Waals surface area contributed by atoms with Crippen molar-refractivity contribution in [1.29, 1.82) is 0 Å². The van der Waals surface area contributed by atoms with Crippen LogP contribution in [0.5, 0.6) is 0 Å². The van der Waals surface area contributed by atoms with Crippen LogP contribution in [0, 0.1) is 5.41 Å². The Labute approximate surface area is 107 Å². The van der Waals surface area contributed by atoms with Crippen LogP contribution in [0.3, 0.4) is 0 Å². The van der Waals surface area contributed by atoms with Gasteiger partial charge in [-0.25, -0.2) is 4.68 Å². The van der Waals surface area contributed by atoms with E-state index in [1.165, 1.54) is 4.68 Å². The van der Waals surface area contributed by atoms with Gasteiger partial charge in [-0.2, -0.15) is 5.10 Å². The molecule has 0 aliphatic rings. The van der Waals surface area contributed by atoms with E-state index >= 15 is 0 Å². The molecule has 1 heterocycles. The highest BCUT2D eigenvalue weighted by Gasteiger charge is 2.15. The minimum atomic E-state index is -0.234. The zero-order chi connectivity index (χ0) is 13.1. The maximum Gasteiger partial charge on any atom is 0.287 e. The van der Waals surface area contributed by atoms with E-state index in [9.17, 15) is 4.79 Å². The van der Waals surface area contributed by atoms with Gasteiger partial charge in [0.25, 0.3) is 5.56 Å². The molecule has 0 atom stereocenters. The normalized spacial score (nSPS) is 11.6. The van der Waals surface area contributed by atoms with Gasteiger partial charge in [-0.15, -0.1) is 0 Å². The first-order chi connectivity index (χ1) is 7.85. The van der Waals surface area contributed by atoms with Crippen molar-refractivity contribution < 1.29 is 0 Å². The molecule has 1 rings (SSSR count). The molecule has 4 nitrogen and oxygen atoms in total. The first-order valence-electron chi connectivity index (χ1n) is 5.84. The van der Waals surface area contributed by atoms with Crippen LogP contribution in [0.1, 0.15) is 34.1 Å². The SMILES string of the molecule is CCCNc1cnn(CC(C)(C)C)c(=O)c1Cl. The first kappa shape index (κ1) is 14.0. The van der Waals surface area contributed by atoms with Gasteiger partial charge >= 0.3 is 0 Å². The Hall–Kier alpha value is -1.03. The van der Waals surface area contributed by atoms with E-state index in [-0.39, 0.29) is 16.0 Å². The quantitative estimate of drug-likeness (QED) is 0.902. The second-order valence-electron chi connectivity index (χ2n) is 5.32. The second kappa shape index (κ2) is 5.54. The van der Waals surface area contributed by atoms with Crippen molar-refractivity contribution in [2.75, 3.05) is 11.9 Å². The predicted molar refractivity (Wildman–Crippen MR) is 71.7 cm³/mol. The molecule has 5 heteroatoms. The lowest BCUT2D eigenvalue weighted by Gasteiger charge is -2.19. The predicted octanol–water partition coefficient (Wildman–Crippen LogP) is 2.76. The summed E-state index contributed by atoms with van der Waals surface area (Å²) in [5.41, 5.74) is 0.379. The van der Waals surface area contributed by atoms with Crippen molar-refractivity contribution in [2.24, 2.45) is 5.41 Å². The minimum absolute atomic E-state index is 0.00147. The fourth-order valence-electron chi connectivity index (χ4n) is 1.41. The van der Waals surface area contributed by atoms with E-state index in [4.69, 9.17) is 11.6 Å². The molecule has 0 spiro atoms. The Balaban J connectivity index is 2.99. The summed E-state index contributed by atoms with van der Waals surface area (Å²) in [6, 6.07) is 0. The molecular weight excluding hydrogens is 238 g/mol. The van der Waals surface area contributed by atoms with Crippen LogP contribution in [-0.4, -0.2) is 16.3 Å². The van der Waals surface area contributed by atoms with Crippen molar-refractivity contribution >= 4 is 17.3 Å². The molecule has 0 saturated heterocycles. The lowest BCUT2D eigenvalue weighted by Crippen LogP contribution is -2.29. The van der Waals surface area contributed by atoms with Crippen LogP contribution >= 0.6 is 11.6 Å². The average Bonchev–Trinajstić information content (AvgIpc) is 2.22. The second-order valence-corrected chi connectivity index (χ2v) is 5.70. The number of hydrogen-bond donors (Lipinski definition) is 1. The van der Waals surface area contributed by atoms with E-state index < -0.39 is 0 Å². The summed E-state index contributed by atoms with van der Waals surface area (Å²) in [4.78, 5) is 12.0. The Morgan fingerprint density at radius 2 is 2.12 bits per heavy atom. The lowest BCUT2D eigenvalue weighted by molar-refractivity contribution is 0.317. The summed E-state index contributed by atoms with van der Waals surface area (Å²) in [5, 5.41) is 7.44. The summed E-state index contributed by atoms with van der Waals surface area (Å²) in [5.74, 6) is 0. The third-order valence-corrected chi connectivity index (χ3v) is 2.54. The number of nitrogens with one attached hydrogen (secondary N) is 1. The van der Waals surface area contributed by atoms with Gasteiger partial charge in [0.15, 0.2) is 0 Å². The van der Waals surface area contributed by atoms with Gasteiger partial charge in [-0.3, -0.25) is 4.79 Å². The number of hydrogen-bond acceptors (Lipinski definition) is 3. The lowest BCUT2D eigenvalue weighted by atomic mass is 9.97. The van der Waals surface area contributed by atoms with E-state index in [0.29, 0.717) is 12.2 Å². The molecule has 0 fully saturated rings. The molecule has 0 radical (unpaired) electrons. The van der Waals surface area contributed by atoms with Gasteiger partial charge < -0.3 is 5.32 Å². The standard InChI is InChI=1S/C12H20ClN3O/c1-5-6-14-9-7-15-16(8-12(2,3)4)11(17)10(9)13/h7,14H,5-6,8H2,1-4H3. The van der Waals surface area contributed by atoms with Crippen molar-refractivity contribution in [2.45, 2.75) is 40.7 Å². The number of aromatic nitrogens is 2. The highest BCUT2D eigenvalue weighted by Crippen LogP contribution is 2.18. The Kier molecular flexibility index (Phi) is 4.57. The van der Waals surface area contributed by atoms with Crippen molar-refractivity contribution in [3.05, 3.63) is 21.6 Å². The van der Waals surface area contributed by atoms with E-state index in [1.807, 2.05) is 0 Å². The fraction of sp³-hybridized carbons (Fsp3) is 0.667. The largest absolute Gasteiger partial charge is 0.382 e. The van der Waals surface area contributed by atoms with E-state index in [1.54, 1.807) is 6.20 Å². The Bertz CT molecular complexity index is 434. The molecule has 0 bridgehead atoms. The van der Waals surface area contributed by atoms with E-state index in [0.717, 1.165) is 13.0 Å². The highest BCUT2D eigenvalue weighted by atomic mass is 35.5. The number of halogens is 1. The monoisotopic (exact) mass is 257 g/mol. The third kappa shape index (κ3) is 4.04. The van der Waals surface area contributed by atoms with Crippen LogP contribution < -0.4 is 10.9 Å². The van der Waals surface area contributed by atoms with Crippen molar-refractivity contribution in [3.63, 3.8) is 0 Å².